The van der Waals surface area contributed by atoms with Gasteiger partial charge in [0.1, 0.15) is 0 Å². The number of carbonyl (C=O) groups excluding carboxylic acids is 3. The standard InChI is InChI=1S/C23H29N5O4/c24-22(31)28-7-1-2-16(14-28)21(30)27-8-4-23(5-9-27)11-17(23)12-26-20(29)18-10-15-3-6-25-13-19(15)32-18/h3,6,10,13,16-17H,1-2,4-5,7-9,11-12,14H2,(H2,24,31)(H,26,29). The van der Waals surface area contributed by atoms with Crippen molar-refractivity contribution in [2.24, 2.45) is 23.0 Å². The van der Waals surface area contributed by atoms with Gasteiger partial charge in [-0.05, 0) is 55.6 Å². The highest BCUT2D eigenvalue weighted by atomic mass is 16.3. The van der Waals surface area contributed by atoms with E-state index in [1.165, 1.54) is 0 Å². The van der Waals surface area contributed by atoms with Crippen molar-refractivity contribution >= 4 is 28.8 Å². The van der Waals surface area contributed by atoms with Crippen molar-refractivity contribution in [3.8, 4) is 0 Å². The minimum Gasteiger partial charge on any atom is -0.449 e. The zero-order chi connectivity index (χ0) is 22.3. The molecule has 1 spiro atoms. The minimum absolute atomic E-state index is 0.140. The molecule has 2 atom stereocenters. The van der Waals surface area contributed by atoms with Crippen molar-refractivity contribution in [1.82, 2.24) is 20.1 Å². The lowest BCUT2D eigenvalue weighted by Crippen LogP contribution is -2.50. The molecule has 1 saturated carbocycles. The fourth-order valence-corrected chi connectivity index (χ4v) is 5.44. The molecule has 2 aliphatic heterocycles. The third-order valence-electron chi connectivity index (χ3n) is 7.57. The third-order valence-corrected chi connectivity index (χ3v) is 7.57. The summed E-state index contributed by atoms with van der Waals surface area (Å²) in [5, 5.41) is 3.87. The molecule has 2 aromatic heterocycles. The van der Waals surface area contributed by atoms with Crippen LogP contribution in [-0.4, -0.2) is 65.4 Å². The topological polar surface area (TPSA) is 122 Å². The third kappa shape index (κ3) is 3.91. The van der Waals surface area contributed by atoms with Gasteiger partial charge in [0.05, 0.1) is 12.1 Å². The molecule has 2 saturated heterocycles. The van der Waals surface area contributed by atoms with Crippen molar-refractivity contribution < 1.29 is 18.8 Å². The number of urea groups is 1. The number of amides is 4. The predicted molar refractivity (Wildman–Crippen MR) is 117 cm³/mol. The molecule has 4 heterocycles. The van der Waals surface area contributed by atoms with Gasteiger partial charge in [0.2, 0.25) is 5.91 Å². The van der Waals surface area contributed by atoms with Crippen LogP contribution in [0.3, 0.4) is 0 Å². The van der Waals surface area contributed by atoms with E-state index in [-0.39, 0.29) is 23.1 Å². The second kappa shape index (κ2) is 8.11. The van der Waals surface area contributed by atoms with Crippen LogP contribution in [0.2, 0.25) is 0 Å². The Morgan fingerprint density at radius 1 is 1.22 bits per heavy atom. The molecule has 3 aliphatic rings. The molecule has 2 unspecified atom stereocenters. The highest BCUT2D eigenvalue weighted by molar-refractivity contribution is 5.95. The van der Waals surface area contributed by atoms with Gasteiger partial charge in [0.25, 0.3) is 5.91 Å². The van der Waals surface area contributed by atoms with E-state index in [1.807, 2.05) is 11.0 Å². The lowest BCUT2D eigenvalue weighted by molar-refractivity contribution is -0.138. The summed E-state index contributed by atoms with van der Waals surface area (Å²) in [5.41, 5.74) is 6.23. The van der Waals surface area contributed by atoms with E-state index in [0.29, 0.717) is 36.9 Å². The second-order valence-electron chi connectivity index (χ2n) is 9.45. The molecule has 0 aromatic carbocycles. The summed E-state index contributed by atoms with van der Waals surface area (Å²) in [6.45, 7) is 3.18. The number of carbonyl (C=O) groups is 3. The summed E-state index contributed by atoms with van der Waals surface area (Å²) in [6, 6.07) is 3.12. The molecule has 170 valence electrons. The van der Waals surface area contributed by atoms with Gasteiger partial charge in [-0.15, -0.1) is 0 Å². The van der Waals surface area contributed by atoms with Crippen molar-refractivity contribution in [2.45, 2.75) is 32.1 Å². The maximum absolute atomic E-state index is 13.0. The Bertz CT molecular complexity index is 1010. The summed E-state index contributed by atoms with van der Waals surface area (Å²) in [6.07, 6.45) is 7.92. The van der Waals surface area contributed by atoms with Crippen LogP contribution >= 0.6 is 0 Å². The van der Waals surface area contributed by atoms with Gasteiger partial charge >= 0.3 is 6.03 Å². The van der Waals surface area contributed by atoms with Crippen LogP contribution in [0.4, 0.5) is 4.79 Å². The SMILES string of the molecule is NC(=O)N1CCCC(C(=O)N2CCC3(CC2)CC3CNC(=O)c2cc3ccncc3o2)C1. The molecule has 3 fully saturated rings. The molecule has 3 N–H and O–H groups in total. The van der Waals surface area contributed by atoms with Gasteiger partial charge in [-0.1, -0.05) is 0 Å². The highest BCUT2D eigenvalue weighted by Gasteiger charge is 2.55. The maximum atomic E-state index is 13.0. The number of nitrogens with two attached hydrogens (primary N) is 1. The Balaban J connectivity index is 1.10. The predicted octanol–water partition coefficient (Wildman–Crippen LogP) is 1.98. The Hall–Kier alpha value is -3.10. The molecule has 5 rings (SSSR count). The van der Waals surface area contributed by atoms with Crippen LogP contribution in [0, 0.1) is 17.3 Å². The van der Waals surface area contributed by atoms with Gasteiger partial charge < -0.3 is 25.3 Å². The van der Waals surface area contributed by atoms with Crippen molar-refractivity contribution in [1.29, 1.82) is 0 Å². The monoisotopic (exact) mass is 439 g/mol. The summed E-state index contributed by atoms with van der Waals surface area (Å²) in [4.78, 5) is 44.5. The Morgan fingerprint density at radius 2 is 2.03 bits per heavy atom. The molecule has 9 nitrogen and oxygen atoms in total. The quantitative estimate of drug-likeness (QED) is 0.754. The lowest BCUT2D eigenvalue weighted by Gasteiger charge is -2.38. The molecule has 0 radical (unpaired) electrons. The summed E-state index contributed by atoms with van der Waals surface area (Å²) in [5.74, 6) is 0.553. The second-order valence-corrected chi connectivity index (χ2v) is 9.45. The summed E-state index contributed by atoms with van der Waals surface area (Å²) < 4.78 is 5.59. The van der Waals surface area contributed by atoms with Crippen molar-refractivity contribution in [3.05, 3.63) is 30.3 Å². The van der Waals surface area contributed by atoms with Crippen molar-refractivity contribution in [3.63, 3.8) is 0 Å². The number of nitrogens with one attached hydrogen (secondary N) is 1. The zero-order valence-electron chi connectivity index (χ0n) is 18.1. The van der Waals surface area contributed by atoms with Crippen LogP contribution in [0.15, 0.2) is 28.9 Å². The van der Waals surface area contributed by atoms with E-state index in [0.717, 1.165) is 50.6 Å². The number of primary amides is 1. The van der Waals surface area contributed by atoms with E-state index >= 15 is 0 Å². The fraction of sp³-hybridized carbons (Fsp3) is 0.565. The van der Waals surface area contributed by atoms with Gasteiger partial charge in [0.15, 0.2) is 11.3 Å². The van der Waals surface area contributed by atoms with E-state index < -0.39 is 6.03 Å². The number of aromatic nitrogens is 1. The number of likely N-dealkylation sites (tertiary alicyclic amines) is 2. The molecule has 1 aliphatic carbocycles. The molecule has 2 aromatic rings. The number of piperidine rings is 2. The molecule has 0 bridgehead atoms. The molecule has 4 amide bonds. The maximum Gasteiger partial charge on any atom is 0.314 e. The molecule has 9 heteroatoms. The first kappa shape index (κ1) is 20.8. The number of rotatable bonds is 4. The number of nitrogens with zero attached hydrogens (tertiary/aromatic N) is 3. The average Bonchev–Trinajstić information content (AvgIpc) is 3.28. The van der Waals surface area contributed by atoms with E-state index in [4.69, 9.17) is 10.2 Å². The van der Waals surface area contributed by atoms with Crippen LogP contribution in [-0.2, 0) is 4.79 Å². The summed E-state index contributed by atoms with van der Waals surface area (Å²) in [7, 11) is 0. The van der Waals surface area contributed by atoms with Crippen LogP contribution in [0.1, 0.15) is 42.7 Å². The minimum atomic E-state index is -0.442. The van der Waals surface area contributed by atoms with E-state index in [9.17, 15) is 14.4 Å². The Labute approximate surface area is 186 Å². The van der Waals surface area contributed by atoms with Gasteiger partial charge in [-0.25, -0.2) is 4.79 Å². The smallest absolute Gasteiger partial charge is 0.314 e. The largest absolute Gasteiger partial charge is 0.449 e. The Morgan fingerprint density at radius 3 is 2.78 bits per heavy atom. The van der Waals surface area contributed by atoms with Crippen molar-refractivity contribution in [2.75, 3.05) is 32.7 Å². The van der Waals surface area contributed by atoms with Gasteiger partial charge in [-0.2, -0.15) is 0 Å². The number of fused-ring (bicyclic) bond motifs is 1. The first-order valence-electron chi connectivity index (χ1n) is 11.4. The lowest BCUT2D eigenvalue weighted by atomic mass is 9.89. The van der Waals surface area contributed by atoms with Crippen LogP contribution < -0.4 is 11.1 Å². The normalized spacial score (nSPS) is 24.5. The number of hydrogen-bond donors (Lipinski definition) is 2. The first-order chi connectivity index (χ1) is 15.4. The van der Waals surface area contributed by atoms with Gasteiger partial charge in [0, 0.05) is 44.3 Å². The molecule has 32 heavy (non-hydrogen) atoms. The molecular formula is C23H29N5O4. The number of pyridine rings is 1. The zero-order valence-corrected chi connectivity index (χ0v) is 18.1. The number of furan rings is 1. The van der Waals surface area contributed by atoms with E-state index in [2.05, 4.69) is 10.3 Å². The van der Waals surface area contributed by atoms with Crippen LogP contribution in [0.25, 0.3) is 11.0 Å². The first-order valence-corrected chi connectivity index (χ1v) is 11.4. The van der Waals surface area contributed by atoms with Crippen LogP contribution in [0.5, 0.6) is 0 Å². The Kier molecular flexibility index (Phi) is 5.27. The van der Waals surface area contributed by atoms with Gasteiger partial charge in [-0.3, -0.25) is 14.6 Å². The fourth-order valence-electron chi connectivity index (χ4n) is 5.44. The summed E-state index contributed by atoms with van der Waals surface area (Å²) >= 11 is 0. The molecular weight excluding hydrogens is 410 g/mol. The highest BCUT2D eigenvalue weighted by Crippen LogP contribution is 2.59. The average molecular weight is 440 g/mol. The number of hydrogen-bond acceptors (Lipinski definition) is 5. The van der Waals surface area contributed by atoms with E-state index in [1.54, 1.807) is 23.4 Å².